The molecule has 3 N–H and O–H groups in total. The molecular weight excluding hydrogens is 462 g/mol. The molecule has 1 aliphatic heterocycles. The molecule has 37 heavy (non-hydrogen) atoms. The third kappa shape index (κ3) is 2.95. The molecule has 10 atom stereocenters. The van der Waals surface area contributed by atoms with E-state index < -0.39 is 22.5 Å². The van der Waals surface area contributed by atoms with E-state index in [1.54, 1.807) is 24.3 Å². The number of phenolic OH excluding ortho intramolecular Hbond substituents is 1. The van der Waals surface area contributed by atoms with E-state index >= 15 is 0 Å². The third-order valence-electron chi connectivity index (χ3n) is 11.5. The average Bonchev–Trinajstić information content (AvgIpc) is 3.16. The van der Waals surface area contributed by atoms with Crippen molar-refractivity contribution >= 4 is 11.7 Å². The predicted molar refractivity (Wildman–Crippen MR) is 142 cm³/mol. The van der Waals surface area contributed by atoms with E-state index in [4.69, 9.17) is 0 Å². The number of amides is 1. The lowest BCUT2D eigenvalue weighted by Gasteiger charge is -2.53. The molecule has 5 heteroatoms. The van der Waals surface area contributed by atoms with Crippen molar-refractivity contribution in [3.05, 3.63) is 53.1 Å². The molecule has 2 saturated carbocycles. The normalized spacial score (nSPS) is 48.3. The Morgan fingerprint density at radius 1 is 1.00 bits per heavy atom. The Hall–Kier alpha value is -2.40. The second kappa shape index (κ2) is 7.59. The summed E-state index contributed by atoms with van der Waals surface area (Å²) in [5.74, 6) is -0.241. The van der Waals surface area contributed by atoms with Gasteiger partial charge in [0.05, 0.1) is 0 Å². The van der Waals surface area contributed by atoms with Gasteiger partial charge in [0.1, 0.15) is 16.9 Å². The van der Waals surface area contributed by atoms with Gasteiger partial charge < -0.3 is 15.5 Å². The van der Waals surface area contributed by atoms with Crippen molar-refractivity contribution < 1.29 is 19.8 Å². The van der Waals surface area contributed by atoms with Crippen LogP contribution in [0.4, 0.5) is 0 Å². The zero-order chi connectivity index (χ0) is 26.7. The van der Waals surface area contributed by atoms with Gasteiger partial charge in [-0.1, -0.05) is 69.5 Å². The van der Waals surface area contributed by atoms with Gasteiger partial charge in [-0.3, -0.25) is 9.59 Å². The van der Waals surface area contributed by atoms with Gasteiger partial charge in [-0.05, 0) is 73.5 Å². The van der Waals surface area contributed by atoms with Gasteiger partial charge in [-0.15, -0.1) is 0 Å². The molecule has 1 unspecified atom stereocenters. The number of Topliss-reactive ketones (excluding diaryl/α,β-unsaturated/α-hetero) is 1. The molecule has 5 nitrogen and oxygen atoms in total. The van der Waals surface area contributed by atoms with E-state index in [9.17, 15) is 19.8 Å². The molecule has 3 fully saturated rings. The largest absolute Gasteiger partial charge is 0.508 e. The highest BCUT2D eigenvalue weighted by Crippen LogP contribution is 2.74. The lowest BCUT2D eigenvalue weighted by Crippen LogP contribution is -2.57. The molecular formula is C32H41NO4. The van der Waals surface area contributed by atoms with Crippen LogP contribution in [0.5, 0.6) is 5.75 Å². The number of aliphatic hydroxyl groups is 1. The van der Waals surface area contributed by atoms with E-state index in [1.165, 1.54) is 5.57 Å². The van der Waals surface area contributed by atoms with Crippen molar-refractivity contribution in [3.63, 3.8) is 0 Å². The molecule has 0 aromatic heterocycles. The first-order chi connectivity index (χ1) is 17.3. The molecule has 1 spiro atoms. The molecule has 0 bridgehead atoms. The minimum absolute atomic E-state index is 0.0433. The molecule has 5 aliphatic rings. The Kier molecular flexibility index (Phi) is 5.11. The maximum absolute atomic E-state index is 15.0. The molecule has 1 amide bonds. The number of benzene rings is 1. The van der Waals surface area contributed by atoms with Crippen LogP contribution >= 0.6 is 0 Å². The molecule has 0 radical (unpaired) electrons. The molecule has 1 aromatic carbocycles. The predicted octanol–water partition coefficient (Wildman–Crippen LogP) is 5.18. The van der Waals surface area contributed by atoms with Crippen molar-refractivity contribution in [1.29, 1.82) is 0 Å². The van der Waals surface area contributed by atoms with Gasteiger partial charge in [-0.2, -0.15) is 0 Å². The van der Waals surface area contributed by atoms with Crippen LogP contribution in [0.1, 0.15) is 66.4 Å². The summed E-state index contributed by atoms with van der Waals surface area (Å²) in [6.45, 7) is 13.1. The van der Waals surface area contributed by atoms with E-state index in [1.807, 2.05) is 0 Å². The number of aromatic hydroxyl groups is 1. The Bertz CT molecular complexity index is 1250. The zero-order valence-electron chi connectivity index (χ0n) is 23.0. The molecule has 1 saturated heterocycles. The Morgan fingerprint density at radius 2 is 1.68 bits per heavy atom. The van der Waals surface area contributed by atoms with Crippen LogP contribution in [0.2, 0.25) is 0 Å². The number of hydrogen-bond acceptors (Lipinski definition) is 4. The molecule has 198 valence electrons. The number of phenols is 1. The van der Waals surface area contributed by atoms with Gasteiger partial charge in [0.25, 0.3) is 0 Å². The van der Waals surface area contributed by atoms with Crippen LogP contribution in [0.25, 0.3) is 0 Å². The number of rotatable bonds is 2. The second-order valence-corrected chi connectivity index (χ2v) is 13.7. The second-order valence-electron chi connectivity index (χ2n) is 13.7. The Balaban J connectivity index is 1.54. The monoisotopic (exact) mass is 503 g/mol. The number of ketones is 1. The van der Waals surface area contributed by atoms with Crippen molar-refractivity contribution in [2.75, 3.05) is 0 Å². The summed E-state index contributed by atoms with van der Waals surface area (Å²) in [5, 5.41) is 25.0. The van der Waals surface area contributed by atoms with E-state index in [2.05, 4.69) is 59.0 Å². The summed E-state index contributed by atoms with van der Waals surface area (Å²) in [4.78, 5) is 29.3. The summed E-state index contributed by atoms with van der Waals surface area (Å²) in [6, 6.07) is 6.74. The van der Waals surface area contributed by atoms with Gasteiger partial charge in [-0.25, -0.2) is 0 Å². The summed E-state index contributed by atoms with van der Waals surface area (Å²) >= 11 is 0. The van der Waals surface area contributed by atoms with Crippen LogP contribution in [0.3, 0.4) is 0 Å². The fourth-order valence-corrected chi connectivity index (χ4v) is 10.3. The minimum Gasteiger partial charge on any atom is -0.508 e. The summed E-state index contributed by atoms with van der Waals surface area (Å²) in [5.41, 5.74) is -0.445. The highest BCUT2D eigenvalue weighted by atomic mass is 16.3. The van der Waals surface area contributed by atoms with Crippen molar-refractivity contribution in [3.8, 4) is 5.75 Å². The average molecular weight is 504 g/mol. The highest BCUT2D eigenvalue weighted by Gasteiger charge is 2.82. The fourth-order valence-electron chi connectivity index (χ4n) is 10.3. The third-order valence-corrected chi connectivity index (χ3v) is 11.5. The van der Waals surface area contributed by atoms with Gasteiger partial charge in [0.15, 0.2) is 5.78 Å². The zero-order valence-corrected chi connectivity index (χ0v) is 23.0. The molecule has 1 aromatic rings. The van der Waals surface area contributed by atoms with Gasteiger partial charge in [0.2, 0.25) is 5.91 Å². The van der Waals surface area contributed by atoms with Gasteiger partial charge >= 0.3 is 0 Å². The summed E-state index contributed by atoms with van der Waals surface area (Å²) in [6.07, 6.45) is 8.05. The topological polar surface area (TPSA) is 86.6 Å². The number of carbonyl (C=O) groups excluding carboxylic acids is 2. The molecule has 1 heterocycles. The van der Waals surface area contributed by atoms with Crippen molar-refractivity contribution in [2.24, 2.45) is 51.8 Å². The minimum atomic E-state index is -1.56. The van der Waals surface area contributed by atoms with Crippen LogP contribution < -0.4 is 5.32 Å². The van der Waals surface area contributed by atoms with Crippen molar-refractivity contribution in [1.82, 2.24) is 5.32 Å². The number of allylic oxidation sites excluding steroid dienone is 4. The van der Waals surface area contributed by atoms with Crippen molar-refractivity contribution in [2.45, 2.75) is 73.0 Å². The highest BCUT2D eigenvalue weighted by molar-refractivity contribution is 6.13. The smallest absolute Gasteiger partial charge is 0.237 e. The van der Waals surface area contributed by atoms with Crippen LogP contribution in [0.15, 0.2) is 47.6 Å². The quantitative estimate of drug-likeness (QED) is 0.384. The molecule has 4 aliphatic carbocycles. The van der Waals surface area contributed by atoms with Crippen LogP contribution in [-0.2, 0) is 16.0 Å². The summed E-state index contributed by atoms with van der Waals surface area (Å²) < 4.78 is 0. The Labute approximate surface area is 220 Å². The first kappa shape index (κ1) is 24.9. The first-order valence-electron chi connectivity index (χ1n) is 14.0. The number of fused-ring (bicyclic) bond motifs is 4. The SMILES string of the molecule is CC1=C[C@]2(C)[C@@H]3C(C)=C[C@]4(C)C[C@@H](C)CC[C@H]4[C@@H]3C(=O)C23C(=O)N[C@@](O)(Cc2ccc(O)cc2)[C@@H]3[C@@H]1C. The first-order valence-corrected chi connectivity index (χ1v) is 14.0. The van der Waals surface area contributed by atoms with Crippen LogP contribution in [0, 0.1) is 51.8 Å². The van der Waals surface area contributed by atoms with E-state index in [0.717, 1.165) is 30.4 Å². The van der Waals surface area contributed by atoms with Crippen LogP contribution in [-0.4, -0.2) is 27.6 Å². The van der Waals surface area contributed by atoms with Gasteiger partial charge in [0, 0.05) is 23.7 Å². The maximum atomic E-state index is 15.0. The number of nitrogens with one attached hydrogen (secondary N) is 1. The number of hydrogen-bond donors (Lipinski definition) is 3. The summed E-state index contributed by atoms with van der Waals surface area (Å²) in [7, 11) is 0. The van der Waals surface area contributed by atoms with E-state index in [-0.39, 0.29) is 52.9 Å². The number of carbonyl (C=O) groups is 2. The lowest BCUT2D eigenvalue weighted by molar-refractivity contribution is -0.151. The molecule has 6 rings (SSSR count). The standard InChI is InChI=1S/C32H41NO4/c1-17-7-12-23-24-25(19(3)14-29(23,5)13-17)30(6)15-18(2)20(4)26-31(37,16-21-8-10-22(34)11-9-21)33-28(36)32(26,30)27(24)35/h8-11,14-15,17,20,23-26,34,37H,7,12-13,16H2,1-6H3,(H,33,36)/t17-,20+,23-,24-,25+,26-,29-,30+,31+,32?/m0/s1. The maximum Gasteiger partial charge on any atom is 0.237 e. The Morgan fingerprint density at radius 3 is 2.35 bits per heavy atom. The lowest BCUT2D eigenvalue weighted by atomic mass is 9.48. The van der Waals surface area contributed by atoms with E-state index in [0.29, 0.717) is 5.92 Å². The fraction of sp³-hybridized carbons (Fsp3) is 0.625.